The predicted molar refractivity (Wildman–Crippen MR) is 53.5 cm³/mol. The van der Waals surface area contributed by atoms with Gasteiger partial charge in [-0.3, -0.25) is 0 Å². The topological polar surface area (TPSA) is 34.1 Å². The average molecular weight is 184 g/mol. The molecule has 0 aliphatic heterocycles. The van der Waals surface area contributed by atoms with Crippen molar-refractivity contribution >= 4 is 12.6 Å². The zero-order valence-corrected chi connectivity index (χ0v) is 8.82. The Balaban J connectivity index is 4.35. The molecule has 0 aromatic heterocycles. The summed E-state index contributed by atoms with van der Waals surface area (Å²) in [5.74, 6) is 0.306. The number of carbonyl (C=O) groups excluding carboxylic acids is 2. The van der Waals surface area contributed by atoms with E-state index in [0.717, 1.165) is 31.8 Å². The fourth-order valence-electron chi connectivity index (χ4n) is 1.80. The molecule has 13 heavy (non-hydrogen) atoms. The van der Waals surface area contributed by atoms with Crippen molar-refractivity contribution in [3.05, 3.63) is 0 Å². The molecule has 0 heterocycles. The molecule has 0 saturated carbocycles. The molecular weight excluding hydrogens is 164 g/mol. The molecule has 0 N–H and O–H groups in total. The molecule has 0 aromatic rings. The van der Waals surface area contributed by atoms with Gasteiger partial charge in [0.1, 0.15) is 12.6 Å². The molecule has 0 bridgehead atoms. The summed E-state index contributed by atoms with van der Waals surface area (Å²) in [4.78, 5) is 21.4. The Morgan fingerprint density at radius 2 is 1.77 bits per heavy atom. The first kappa shape index (κ1) is 12.3. The van der Waals surface area contributed by atoms with Crippen LogP contribution in [0.1, 0.15) is 40.0 Å². The maximum Gasteiger partial charge on any atom is 0.123 e. The molecule has 2 nitrogen and oxygen atoms in total. The fourth-order valence-corrected chi connectivity index (χ4v) is 1.80. The molecule has 0 rings (SSSR count). The second-order valence-corrected chi connectivity index (χ2v) is 3.66. The van der Waals surface area contributed by atoms with Crippen LogP contribution >= 0.6 is 0 Å². The SMILES string of the molecule is CCCC(C(C)C=O)C(C=O)CC. The van der Waals surface area contributed by atoms with Crippen LogP contribution in [0.2, 0.25) is 0 Å². The second-order valence-electron chi connectivity index (χ2n) is 3.66. The highest BCUT2D eigenvalue weighted by molar-refractivity contribution is 5.58. The zero-order chi connectivity index (χ0) is 10.3. The van der Waals surface area contributed by atoms with E-state index in [4.69, 9.17) is 0 Å². The standard InChI is InChI=1S/C11H20O2/c1-4-6-11(9(3)7-12)10(5-2)8-13/h7-11H,4-6H2,1-3H3. The quantitative estimate of drug-likeness (QED) is 0.569. The molecule has 3 unspecified atom stereocenters. The lowest BCUT2D eigenvalue weighted by molar-refractivity contribution is -0.116. The van der Waals surface area contributed by atoms with Crippen molar-refractivity contribution in [1.29, 1.82) is 0 Å². The average Bonchev–Trinajstić information content (AvgIpc) is 2.17. The first-order valence-electron chi connectivity index (χ1n) is 5.11. The van der Waals surface area contributed by atoms with Crippen LogP contribution in [0.5, 0.6) is 0 Å². The van der Waals surface area contributed by atoms with Crippen molar-refractivity contribution < 1.29 is 9.59 Å². The Morgan fingerprint density at radius 3 is 2.08 bits per heavy atom. The number of aldehydes is 2. The van der Waals surface area contributed by atoms with Crippen molar-refractivity contribution in [2.24, 2.45) is 17.8 Å². The first-order valence-corrected chi connectivity index (χ1v) is 5.11. The molecular formula is C11H20O2. The molecule has 0 amide bonds. The minimum atomic E-state index is 0.00935. The Labute approximate surface area is 80.7 Å². The van der Waals surface area contributed by atoms with Gasteiger partial charge in [-0.25, -0.2) is 0 Å². The van der Waals surface area contributed by atoms with E-state index < -0.39 is 0 Å². The van der Waals surface area contributed by atoms with Crippen LogP contribution in [-0.2, 0) is 9.59 Å². The summed E-state index contributed by atoms with van der Waals surface area (Å²) >= 11 is 0. The Hall–Kier alpha value is -0.660. The largest absolute Gasteiger partial charge is 0.303 e. The molecule has 3 atom stereocenters. The van der Waals surface area contributed by atoms with E-state index in [1.807, 2.05) is 13.8 Å². The summed E-state index contributed by atoms with van der Waals surface area (Å²) in [6, 6.07) is 0. The van der Waals surface area contributed by atoms with Gasteiger partial charge < -0.3 is 9.59 Å². The van der Waals surface area contributed by atoms with Gasteiger partial charge in [0.2, 0.25) is 0 Å². The van der Waals surface area contributed by atoms with Crippen LogP contribution in [0.4, 0.5) is 0 Å². The molecule has 0 saturated heterocycles. The van der Waals surface area contributed by atoms with Crippen molar-refractivity contribution in [2.45, 2.75) is 40.0 Å². The van der Waals surface area contributed by atoms with Gasteiger partial charge in [0.15, 0.2) is 0 Å². The van der Waals surface area contributed by atoms with Crippen molar-refractivity contribution in [3.8, 4) is 0 Å². The first-order chi connectivity index (χ1) is 6.21. The van der Waals surface area contributed by atoms with Crippen molar-refractivity contribution in [2.75, 3.05) is 0 Å². The predicted octanol–water partition coefficient (Wildman–Crippen LogP) is 2.46. The van der Waals surface area contributed by atoms with Gasteiger partial charge in [-0.05, 0) is 18.8 Å². The summed E-state index contributed by atoms with van der Waals surface area (Å²) in [6.07, 6.45) is 4.81. The van der Waals surface area contributed by atoms with E-state index in [1.165, 1.54) is 0 Å². The van der Waals surface area contributed by atoms with Crippen LogP contribution in [0.15, 0.2) is 0 Å². The van der Waals surface area contributed by atoms with Crippen LogP contribution in [0, 0.1) is 17.8 Å². The van der Waals surface area contributed by atoms with E-state index in [-0.39, 0.29) is 17.8 Å². The summed E-state index contributed by atoms with van der Waals surface area (Å²) in [5, 5.41) is 0. The van der Waals surface area contributed by atoms with Gasteiger partial charge in [0, 0.05) is 11.8 Å². The minimum Gasteiger partial charge on any atom is -0.303 e. The molecule has 0 fully saturated rings. The van der Waals surface area contributed by atoms with Gasteiger partial charge >= 0.3 is 0 Å². The second kappa shape index (κ2) is 6.81. The van der Waals surface area contributed by atoms with Crippen molar-refractivity contribution in [1.82, 2.24) is 0 Å². The van der Waals surface area contributed by atoms with E-state index >= 15 is 0 Å². The maximum atomic E-state index is 10.8. The molecule has 76 valence electrons. The number of hydrogen-bond acceptors (Lipinski definition) is 2. The lowest BCUT2D eigenvalue weighted by Crippen LogP contribution is -2.23. The third-order valence-electron chi connectivity index (χ3n) is 2.71. The molecule has 0 spiro atoms. The fraction of sp³-hybridized carbons (Fsp3) is 0.818. The lowest BCUT2D eigenvalue weighted by Gasteiger charge is -2.24. The van der Waals surface area contributed by atoms with Gasteiger partial charge in [0.25, 0.3) is 0 Å². The smallest absolute Gasteiger partial charge is 0.123 e. The van der Waals surface area contributed by atoms with E-state index in [2.05, 4.69) is 6.92 Å². The van der Waals surface area contributed by atoms with Gasteiger partial charge in [-0.2, -0.15) is 0 Å². The Bertz CT molecular complexity index is 154. The summed E-state index contributed by atoms with van der Waals surface area (Å²) in [6.45, 7) is 5.99. The van der Waals surface area contributed by atoms with Crippen LogP contribution in [-0.4, -0.2) is 12.6 Å². The molecule has 0 radical (unpaired) electrons. The Morgan fingerprint density at radius 1 is 1.15 bits per heavy atom. The third-order valence-corrected chi connectivity index (χ3v) is 2.71. The summed E-state index contributed by atoms with van der Waals surface area (Å²) in [7, 11) is 0. The van der Waals surface area contributed by atoms with E-state index in [9.17, 15) is 9.59 Å². The van der Waals surface area contributed by atoms with Crippen LogP contribution in [0.25, 0.3) is 0 Å². The van der Waals surface area contributed by atoms with Crippen LogP contribution < -0.4 is 0 Å². The van der Waals surface area contributed by atoms with Gasteiger partial charge in [-0.1, -0.05) is 27.2 Å². The highest BCUT2D eigenvalue weighted by atomic mass is 16.1. The Kier molecular flexibility index (Phi) is 6.47. The van der Waals surface area contributed by atoms with Crippen LogP contribution in [0.3, 0.4) is 0 Å². The normalized spacial score (nSPS) is 17.5. The molecule has 0 aliphatic rings. The highest BCUT2D eigenvalue weighted by Gasteiger charge is 2.23. The number of carbonyl (C=O) groups is 2. The molecule has 0 aliphatic carbocycles. The zero-order valence-electron chi connectivity index (χ0n) is 8.82. The van der Waals surface area contributed by atoms with Gasteiger partial charge in [0.05, 0.1) is 0 Å². The van der Waals surface area contributed by atoms with E-state index in [1.54, 1.807) is 0 Å². The molecule has 2 heteroatoms. The monoisotopic (exact) mass is 184 g/mol. The van der Waals surface area contributed by atoms with E-state index in [0.29, 0.717) is 0 Å². The third kappa shape index (κ3) is 3.71. The number of rotatable bonds is 7. The number of hydrogen-bond donors (Lipinski definition) is 0. The maximum absolute atomic E-state index is 10.8. The van der Waals surface area contributed by atoms with Crippen molar-refractivity contribution in [3.63, 3.8) is 0 Å². The summed E-state index contributed by atoms with van der Waals surface area (Å²) < 4.78 is 0. The lowest BCUT2D eigenvalue weighted by atomic mass is 9.79. The summed E-state index contributed by atoms with van der Waals surface area (Å²) in [5.41, 5.74) is 0. The molecule has 0 aromatic carbocycles. The minimum absolute atomic E-state index is 0.00935. The van der Waals surface area contributed by atoms with Gasteiger partial charge in [-0.15, -0.1) is 0 Å². The highest BCUT2D eigenvalue weighted by Crippen LogP contribution is 2.25.